The Bertz CT molecular complexity index is 389. The molecule has 102 valence electrons. The second-order valence-electron chi connectivity index (χ2n) is 4.20. The van der Waals surface area contributed by atoms with Gasteiger partial charge < -0.3 is 5.32 Å². The highest BCUT2D eigenvalue weighted by atomic mass is 32.1. The highest BCUT2D eigenvalue weighted by Gasteiger charge is 2.35. The maximum atomic E-state index is 12.3. The first-order valence-corrected chi connectivity index (χ1v) is 6.71. The van der Waals surface area contributed by atoms with Crippen LogP contribution in [0.1, 0.15) is 24.8 Å². The van der Waals surface area contributed by atoms with Crippen LogP contribution in [0.5, 0.6) is 0 Å². The van der Waals surface area contributed by atoms with Gasteiger partial charge in [0.15, 0.2) is 0 Å². The van der Waals surface area contributed by atoms with E-state index in [1.165, 1.54) is 12.8 Å². The Hall–Kier alpha value is -0.890. The van der Waals surface area contributed by atoms with Gasteiger partial charge in [-0.25, -0.2) is 0 Å². The lowest BCUT2D eigenvalue weighted by Crippen LogP contribution is -2.30. The molecule has 0 bridgehead atoms. The average Bonchev–Trinajstić information content (AvgIpc) is 3.01. The van der Waals surface area contributed by atoms with Gasteiger partial charge in [0, 0.05) is 19.1 Å². The van der Waals surface area contributed by atoms with Crippen molar-refractivity contribution in [3.8, 4) is 0 Å². The quantitative estimate of drug-likeness (QED) is 0.869. The molecule has 1 aliphatic rings. The first kappa shape index (κ1) is 13.5. The van der Waals surface area contributed by atoms with Crippen molar-refractivity contribution >= 4 is 16.5 Å². The van der Waals surface area contributed by atoms with Crippen LogP contribution in [-0.4, -0.2) is 40.8 Å². The fourth-order valence-electron chi connectivity index (χ4n) is 1.75. The monoisotopic (exact) mass is 280 g/mol. The molecular weight excluding hydrogens is 265 g/mol. The van der Waals surface area contributed by atoms with Crippen molar-refractivity contribution in [1.29, 1.82) is 0 Å². The summed E-state index contributed by atoms with van der Waals surface area (Å²) in [6.45, 7) is 4.47. The van der Waals surface area contributed by atoms with E-state index in [9.17, 15) is 13.2 Å². The number of rotatable bonds is 6. The molecule has 0 unspecified atom stereocenters. The summed E-state index contributed by atoms with van der Waals surface area (Å²) in [6.07, 6.45) is -1.95. The maximum absolute atomic E-state index is 12.3. The van der Waals surface area contributed by atoms with Gasteiger partial charge in [0.25, 0.3) is 0 Å². The predicted molar refractivity (Wildman–Crippen MR) is 63.7 cm³/mol. The Labute approximate surface area is 107 Å². The zero-order chi connectivity index (χ0) is 13.2. The second-order valence-corrected chi connectivity index (χ2v) is 5.17. The van der Waals surface area contributed by atoms with Crippen LogP contribution in [-0.2, 0) is 6.18 Å². The molecule has 0 aromatic carbocycles. The third kappa shape index (κ3) is 3.55. The van der Waals surface area contributed by atoms with Crippen molar-refractivity contribution in [3.05, 3.63) is 5.01 Å². The van der Waals surface area contributed by atoms with Crippen LogP contribution in [0, 0.1) is 0 Å². The smallest absolute Gasteiger partial charge is 0.359 e. The van der Waals surface area contributed by atoms with Gasteiger partial charge in [-0.3, -0.25) is 4.90 Å². The van der Waals surface area contributed by atoms with Crippen LogP contribution in [0.4, 0.5) is 18.3 Å². The molecule has 0 atom stereocenters. The molecule has 2 rings (SSSR count). The SMILES string of the molecule is CCN(CCNc1nnc(C(F)(F)F)s1)C1CC1. The molecule has 1 N–H and O–H groups in total. The number of likely N-dealkylation sites (N-methyl/N-ethyl adjacent to an activating group) is 1. The molecule has 0 radical (unpaired) electrons. The summed E-state index contributed by atoms with van der Waals surface area (Å²) in [6, 6.07) is 0.664. The minimum atomic E-state index is -4.40. The van der Waals surface area contributed by atoms with Crippen LogP contribution >= 0.6 is 11.3 Å². The van der Waals surface area contributed by atoms with Crippen LogP contribution in [0.25, 0.3) is 0 Å². The lowest BCUT2D eigenvalue weighted by atomic mass is 10.4. The third-order valence-electron chi connectivity index (χ3n) is 2.81. The molecule has 1 aromatic rings. The van der Waals surface area contributed by atoms with E-state index < -0.39 is 11.2 Å². The predicted octanol–water partition coefficient (Wildman–Crippen LogP) is 2.45. The van der Waals surface area contributed by atoms with E-state index in [2.05, 4.69) is 27.3 Å². The van der Waals surface area contributed by atoms with Crippen molar-refractivity contribution in [2.75, 3.05) is 25.0 Å². The molecule has 1 aromatic heterocycles. The highest BCUT2D eigenvalue weighted by Crippen LogP contribution is 2.33. The fourth-order valence-corrected chi connectivity index (χ4v) is 2.39. The third-order valence-corrected chi connectivity index (χ3v) is 3.74. The summed E-state index contributed by atoms with van der Waals surface area (Å²) < 4.78 is 36.9. The molecule has 0 amide bonds. The lowest BCUT2D eigenvalue weighted by Gasteiger charge is -2.19. The summed E-state index contributed by atoms with van der Waals surface area (Å²) in [5, 5.41) is 8.82. The Morgan fingerprint density at radius 2 is 2.11 bits per heavy atom. The van der Waals surface area contributed by atoms with Gasteiger partial charge >= 0.3 is 6.18 Å². The Morgan fingerprint density at radius 1 is 1.39 bits per heavy atom. The molecule has 1 aliphatic carbocycles. The van der Waals surface area contributed by atoms with E-state index in [4.69, 9.17) is 0 Å². The topological polar surface area (TPSA) is 41.0 Å². The van der Waals surface area contributed by atoms with Crippen LogP contribution in [0.3, 0.4) is 0 Å². The van der Waals surface area contributed by atoms with Gasteiger partial charge in [0.05, 0.1) is 0 Å². The number of anilines is 1. The molecule has 1 heterocycles. The minimum absolute atomic E-state index is 0.231. The van der Waals surface area contributed by atoms with Gasteiger partial charge in [0.2, 0.25) is 10.1 Å². The van der Waals surface area contributed by atoms with Crippen molar-refractivity contribution in [2.24, 2.45) is 0 Å². The summed E-state index contributed by atoms with van der Waals surface area (Å²) in [7, 11) is 0. The Morgan fingerprint density at radius 3 is 2.61 bits per heavy atom. The zero-order valence-electron chi connectivity index (χ0n) is 10.00. The normalized spacial score (nSPS) is 16.3. The van der Waals surface area contributed by atoms with E-state index in [1.807, 2.05) is 0 Å². The summed E-state index contributed by atoms with van der Waals surface area (Å²) >= 11 is 0.546. The maximum Gasteiger partial charge on any atom is 0.445 e. The molecule has 0 aliphatic heterocycles. The second kappa shape index (κ2) is 5.40. The van der Waals surface area contributed by atoms with E-state index in [0.29, 0.717) is 23.9 Å². The van der Waals surface area contributed by atoms with Crippen LogP contribution in [0.2, 0.25) is 0 Å². The lowest BCUT2D eigenvalue weighted by molar-refractivity contribution is -0.138. The standard InChI is InChI=1S/C10H15F3N4S/c1-2-17(7-3-4-7)6-5-14-9-16-15-8(18-9)10(11,12)13/h7H,2-6H2,1H3,(H,14,16). The molecule has 0 spiro atoms. The number of nitrogens with one attached hydrogen (secondary N) is 1. The van der Waals surface area contributed by atoms with E-state index >= 15 is 0 Å². The number of halogens is 3. The summed E-state index contributed by atoms with van der Waals surface area (Å²) in [4.78, 5) is 2.32. The van der Waals surface area contributed by atoms with Crippen molar-refractivity contribution in [2.45, 2.75) is 32.0 Å². The van der Waals surface area contributed by atoms with Gasteiger partial charge in [0.1, 0.15) is 0 Å². The van der Waals surface area contributed by atoms with Gasteiger partial charge in [-0.2, -0.15) is 13.2 Å². The molecule has 4 nitrogen and oxygen atoms in total. The number of nitrogens with zero attached hydrogens (tertiary/aromatic N) is 3. The Kier molecular flexibility index (Phi) is 4.06. The number of hydrogen-bond donors (Lipinski definition) is 1. The average molecular weight is 280 g/mol. The fraction of sp³-hybridized carbons (Fsp3) is 0.800. The molecule has 18 heavy (non-hydrogen) atoms. The molecule has 1 fully saturated rings. The van der Waals surface area contributed by atoms with Crippen molar-refractivity contribution < 1.29 is 13.2 Å². The zero-order valence-corrected chi connectivity index (χ0v) is 10.8. The summed E-state index contributed by atoms with van der Waals surface area (Å²) in [5.41, 5.74) is 0. The summed E-state index contributed by atoms with van der Waals surface area (Å²) in [5.74, 6) is 0. The molecule has 8 heteroatoms. The number of aromatic nitrogens is 2. The van der Waals surface area contributed by atoms with Gasteiger partial charge in [-0.15, -0.1) is 10.2 Å². The number of alkyl halides is 3. The van der Waals surface area contributed by atoms with E-state index in [0.717, 1.165) is 13.1 Å². The molecule has 0 saturated heterocycles. The largest absolute Gasteiger partial charge is 0.445 e. The van der Waals surface area contributed by atoms with E-state index in [1.54, 1.807) is 0 Å². The van der Waals surface area contributed by atoms with Gasteiger partial charge in [-0.05, 0) is 19.4 Å². The van der Waals surface area contributed by atoms with E-state index in [-0.39, 0.29) is 5.13 Å². The van der Waals surface area contributed by atoms with Gasteiger partial charge in [-0.1, -0.05) is 18.3 Å². The highest BCUT2D eigenvalue weighted by molar-refractivity contribution is 7.15. The first-order chi connectivity index (χ1) is 8.50. The number of hydrogen-bond acceptors (Lipinski definition) is 5. The Balaban J connectivity index is 1.77. The van der Waals surface area contributed by atoms with Crippen molar-refractivity contribution in [1.82, 2.24) is 15.1 Å². The minimum Gasteiger partial charge on any atom is -0.359 e. The van der Waals surface area contributed by atoms with Crippen molar-refractivity contribution in [3.63, 3.8) is 0 Å². The van der Waals surface area contributed by atoms with Crippen LogP contribution < -0.4 is 5.32 Å². The molecule has 1 saturated carbocycles. The molecular formula is C10H15F3N4S. The van der Waals surface area contributed by atoms with Crippen LogP contribution in [0.15, 0.2) is 0 Å². The first-order valence-electron chi connectivity index (χ1n) is 5.89.